The van der Waals surface area contributed by atoms with Crippen LogP contribution >= 0.6 is 0 Å². The van der Waals surface area contributed by atoms with E-state index in [1.165, 1.54) is 35.2 Å². The molecule has 2 aromatic rings. The fourth-order valence-electron chi connectivity index (χ4n) is 3.45. The highest BCUT2D eigenvalue weighted by Crippen LogP contribution is 2.37. The van der Waals surface area contributed by atoms with E-state index in [0.29, 0.717) is 5.56 Å². The Morgan fingerprint density at radius 2 is 1.61 bits per heavy atom. The minimum Gasteiger partial charge on any atom is -0.447 e. The van der Waals surface area contributed by atoms with Crippen LogP contribution in [-0.2, 0) is 22.3 Å². The Kier molecular flexibility index (Phi) is 6.59. The number of benzene rings is 2. The first-order valence-electron chi connectivity index (χ1n) is 9.31. The topological polar surface area (TPSA) is 29.5 Å². The molecule has 168 valence electrons. The van der Waals surface area contributed by atoms with Gasteiger partial charge in [0.15, 0.2) is 0 Å². The number of carbonyl (C=O) groups is 1. The number of ether oxygens (including phenoxy) is 1. The lowest BCUT2D eigenvalue weighted by atomic mass is 10.1. The van der Waals surface area contributed by atoms with Gasteiger partial charge in [0.1, 0.15) is 12.2 Å². The number of alkyl halides is 7. The van der Waals surface area contributed by atoms with Gasteiger partial charge in [0.2, 0.25) is 6.10 Å². The normalized spacial score (nSPS) is 21.1. The molecule has 3 rings (SSSR count). The van der Waals surface area contributed by atoms with Crippen molar-refractivity contribution in [3.8, 4) is 0 Å². The Morgan fingerprint density at radius 1 is 1.00 bits per heavy atom. The van der Waals surface area contributed by atoms with Gasteiger partial charge in [-0.25, -0.2) is 4.39 Å². The highest BCUT2D eigenvalue weighted by atomic mass is 19.4. The molecule has 1 heterocycles. The van der Waals surface area contributed by atoms with Gasteiger partial charge in [-0.2, -0.15) is 26.3 Å². The average Bonchev–Trinajstić information content (AvgIpc) is 3.05. The maximum atomic E-state index is 14.0. The molecule has 10 heteroatoms. The molecule has 2 aromatic carbocycles. The molecular weight excluding hydrogens is 431 g/mol. The van der Waals surface area contributed by atoms with E-state index in [4.69, 9.17) is 4.74 Å². The molecule has 3 nitrogen and oxygen atoms in total. The first-order valence-corrected chi connectivity index (χ1v) is 9.31. The third kappa shape index (κ3) is 5.75. The Hall–Kier alpha value is -2.62. The van der Waals surface area contributed by atoms with Crippen molar-refractivity contribution in [2.45, 2.75) is 43.6 Å². The van der Waals surface area contributed by atoms with Crippen molar-refractivity contribution in [3.05, 3.63) is 71.3 Å². The zero-order chi connectivity index (χ0) is 22.8. The van der Waals surface area contributed by atoms with E-state index in [1.54, 1.807) is 0 Å². The van der Waals surface area contributed by atoms with Gasteiger partial charge in [0.05, 0.1) is 5.56 Å². The molecule has 0 amide bonds. The minimum absolute atomic E-state index is 0.111. The van der Waals surface area contributed by atoms with Gasteiger partial charge in [-0.3, -0.25) is 9.69 Å². The summed E-state index contributed by atoms with van der Waals surface area (Å²) in [5.41, 5.74) is -0.782. The van der Waals surface area contributed by atoms with Crippen LogP contribution in [0.1, 0.15) is 29.2 Å². The molecule has 3 unspecified atom stereocenters. The Bertz CT molecular complexity index is 881. The van der Waals surface area contributed by atoms with Crippen LogP contribution in [0.15, 0.2) is 54.6 Å². The summed E-state index contributed by atoms with van der Waals surface area (Å²) in [5.74, 6) is -1.24. The monoisotopic (exact) mass is 449 g/mol. The average molecular weight is 449 g/mol. The van der Waals surface area contributed by atoms with Crippen LogP contribution in [0, 0.1) is 0 Å². The number of carbonyl (C=O) groups excluding carboxylic acids is 1. The lowest BCUT2D eigenvalue weighted by molar-refractivity contribution is -0.226. The number of nitrogens with zero attached hydrogens (tertiary/aromatic N) is 1. The number of esters is 1. The number of hydrogen-bond acceptors (Lipinski definition) is 3. The van der Waals surface area contributed by atoms with Crippen molar-refractivity contribution in [3.63, 3.8) is 0 Å². The van der Waals surface area contributed by atoms with Gasteiger partial charge < -0.3 is 4.74 Å². The second kappa shape index (κ2) is 8.86. The van der Waals surface area contributed by atoms with Crippen LogP contribution in [0.2, 0.25) is 0 Å². The van der Waals surface area contributed by atoms with Crippen LogP contribution in [0.4, 0.5) is 30.7 Å². The van der Waals surface area contributed by atoms with E-state index >= 15 is 0 Å². The number of rotatable bonds is 5. The molecule has 0 N–H and O–H groups in total. The Morgan fingerprint density at radius 3 is 2.16 bits per heavy atom. The van der Waals surface area contributed by atoms with Crippen LogP contribution in [0.25, 0.3) is 0 Å². The summed E-state index contributed by atoms with van der Waals surface area (Å²) in [6.07, 6.45) is -13.7. The lowest BCUT2D eigenvalue weighted by Gasteiger charge is -2.26. The fourth-order valence-corrected chi connectivity index (χ4v) is 3.45. The number of likely N-dealkylation sites (tertiary alicyclic amines) is 1. The van der Waals surface area contributed by atoms with E-state index in [2.05, 4.69) is 0 Å². The highest BCUT2D eigenvalue weighted by Gasteiger charge is 2.47. The van der Waals surface area contributed by atoms with Gasteiger partial charge in [0.25, 0.3) is 0 Å². The molecule has 0 aliphatic carbocycles. The molecule has 0 radical (unpaired) electrons. The summed E-state index contributed by atoms with van der Waals surface area (Å²) in [6, 6.07) is 9.34. The maximum absolute atomic E-state index is 14.0. The lowest BCUT2D eigenvalue weighted by Crippen LogP contribution is -2.39. The van der Waals surface area contributed by atoms with Crippen molar-refractivity contribution in [1.82, 2.24) is 4.90 Å². The maximum Gasteiger partial charge on any atom is 0.429 e. The van der Waals surface area contributed by atoms with E-state index < -0.39 is 42.2 Å². The zero-order valence-electron chi connectivity index (χ0n) is 16.0. The summed E-state index contributed by atoms with van der Waals surface area (Å²) < 4.78 is 97.1. The fraction of sp³-hybridized carbons (Fsp3) is 0.381. The van der Waals surface area contributed by atoms with Crippen LogP contribution in [0.3, 0.4) is 0 Å². The molecule has 1 aliphatic rings. The highest BCUT2D eigenvalue weighted by molar-refractivity contribution is 5.76. The van der Waals surface area contributed by atoms with Crippen molar-refractivity contribution < 1.29 is 40.3 Å². The quantitative estimate of drug-likeness (QED) is 0.448. The summed E-state index contributed by atoms with van der Waals surface area (Å²) >= 11 is 0. The molecule has 0 bridgehead atoms. The first-order chi connectivity index (χ1) is 14.4. The molecule has 1 saturated heterocycles. The molecule has 0 saturated carbocycles. The van der Waals surface area contributed by atoms with Crippen molar-refractivity contribution in [2.24, 2.45) is 0 Å². The third-order valence-electron chi connectivity index (χ3n) is 4.93. The molecular formula is C21H18F7NO2. The Labute approximate surface area is 173 Å². The molecule has 0 aromatic heterocycles. The molecule has 1 aliphatic heterocycles. The summed E-state index contributed by atoms with van der Waals surface area (Å²) in [6.45, 7) is -0.358. The van der Waals surface area contributed by atoms with Crippen molar-refractivity contribution in [2.75, 3.05) is 6.54 Å². The standard InChI is InChI=1S/C21H18F7NO2/c22-16-10-17(19(30)31-18(21(26,27)28)14-4-2-1-3-5-14)29(12-16)11-13-6-8-15(9-7-13)20(23,24)25/h1-9,16-18H,10-12H2. The van der Waals surface area contributed by atoms with Crippen molar-refractivity contribution in [1.29, 1.82) is 0 Å². The van der Waals surface area contributed by atoms with E-state index in [9.17, 15) is 35.5 Å². The molecule has 3 atom stereocenters. The Balaban J connectivity index is 1.74. The summed E-state index contributed by atoms with van der Waals surface area (Å²) in [4.78, 5) is 13.8. The van der Waals surface area contributed by atoms with Gasteiger partial charge in [-0.05, 0) is 17.7 Å². The van der Waals surface area contributed by atoms with Gasteiger partial charge >= 0.3 is 18.3 Å². The minimum atomic E-state index is -4.87. The third-order valence-corrected chi connectivity index (χ3v) is 4.93. The van der Waals surface area contributed by atoms with Gasteiger partial charge in [-0.15, -0.1) is 0 Å². The van der Waals surface area contributed by atoms with Gasteiger partial charge in [-0.1, -0.05) is 42.5 Å². The number of hydrogen-bond donors (Lipinski definition) is 0. The van der Waals surface area contributed by atoms with Crippen molar-refractivity contribution >= 4 is 5.97 Å². The first kappa shape index (κ1) is 23.1. The second-order valence-corrected chi connectivity index (χ2v) is 7.24. The predicted molar refractivity (Wildman–Crippen MR) is 96.5 cm³/mol. The van der Waals surface area contributed by atoms with Crippen LogP contribution < -0.4 is 0 Å². The predicted octanol–water partition coefficient (Wildman–Crippen LogP) is 5.46. The van der Waals surface area contributed by atoms with E-state index in [1.807, 2.05) is 0 Å². The van der Waals surface area contributed by atoms with Crippen LogP contribution in [0.5, 0.6) is 0 Å². The largest absolute Gasteiger partial charge is 0.447 e. The van der Waals surface area contributed by atoms with E-state index in [0.717, 1.165) is 24.3 Å². The summed E-state index contributed by atoms with van der Waals surface area (Å²) in [5, 5.41) is 0. The SMILES string of the molecule is O=C(OC(c1ccccc1)C(F)(F)F)C1CC(F)CN1Cc1ccc(C(F)(F)F)cc1. The second-order valence-electron chi connectivity index (χ2n) is 7.24. The molecule has 0 spiro atoms. The number of halogens is 7. The van der Waals surface area contributed by atoms with E-state index in [-0.39, 0.29) is 25.1 Å². The summed E-state index contributed by atoms with van der Waals surface area (Å²) in [7, 11) is 0. The van der Waals surface area contributed by atoms with Gasteiger partial charge in [0, 0.05) is 25.1 Å². The zero-order valence-corrected chi connectivity index (χ0v) is 16.0. The van der Waals surface area contributed by atoms with Crippen LogP contribution in [-0.4, -0.2) is 35.8 Å². The molecule has 1 fully saturated rings. The smallest absolute Gasteiger partial charge is 0.429 e. The molecule has 31 heavy (non-hydrogen) atoms.